The van der Waals surface area contributed by atoms with Crippen LogP contribution in [0.3, 0.4) is 0 Å². The number of rotatable bonds is 3. The molecule has 0 aromatic heterocycles. The summed E-state index contributed by atoms with van der Waals surface area (Å²) in [5, 5.41) is 7.68. The molecule has 1 aliphatic carbocycles. The lowest BCUT2D eigenvalue weighted by Gasteiger charge is -2.34. The van der Waals surface area contributed by atoms with Gasteiger partial charge in [-0.25, -0.2) is 0 Å². The summed E-state index contributed by atoms with van der Waals surface area (Å²) in [7, 11) is 0. The first-order chi connectivity index (χ1) is 21.3. The Morgan fingerprint density at radius 3 is 1.58 bits per heavy atom. The van der Waals surface area contributed by atoms with Crippen molar-refractivity contribution in [3.05, 3.63) is 192 Å². The first-order valence-corrected chi connectivity index (χ1v) is 15.0. The van der Waals surface area contributed by atoms with Crippen molar-refractivity contribution in [2.75, 3.05) is 0 Å². The lowest BCUT2D eigenvalue weighted by atomic mass is 9.66. The van der Waals surface area contributed by atoms with Gasteiger partial charge in [-0.1, -0.05) is 158 Å². The van der Waals surface area contributed by atoms with Gasteiger partial charge in [-0.3, -0.25) is 0 Å². The van der Waals surface area contributed by atoms with Gasteiger partial charge in [0.25, 0.3) is 0 Å². The van der Waals surface area contributed by atoms with E-state index in [1.165, 1.54) is 76.8 Å². The molecule has 43 heavy (non-hydrogen) atoms. The molecule has 8 aromatic rings. The van der Waals surface area contributed by atoms with Crippen LogP contribution in [0.4, 0.5) is 0 Å². The van der Waals surface area contributed by atoms with Crippen LogP contribution in [0.25, 0.3) is 54.6 Å². The Kier molecular flexibility index (Phi) is 5.21. The summed E-state index contributed by atoms with van der Waals surface area (Å²) in [6.45, 7) is 0. The maximum atomic E-state index is 2.41. The molecule has 0 unspecified atom stereocenters. The highest BCUT2D eigenvalue weighted by molar-refractivity contribution is 6.14. The molecule has 200 valence electrons. The fourth-order valence-electron chi connectivity index (χ4n) is 7.76. The SMILES string of the molecule is c1ccc(C2(c3ccccc3)c3ccccc3-c3ccc4cc(-c5c6ccccc6cc6ccccc56)ccc4c32)cc1. The molecular formula is C43H28. The smallest absolute Gasteiger partial charge is 0.0622 e. The molecule has 8 aromatic carbocycles. The van der Waals surface area contributed by atoms with Crippen molar-refractivity contribution in [2.45, 2.75) is 5.41 Å². The minimum atomic E-state index is -0.415. The fourth-order valence-corrected chi connectivity index (χ4v) is 7.76. The molecule has 0 nitrogen and oxygen atoms in total. The van der Waals surface area contributed by atoms with Gasteiger partial charge in [0, 0.05) is 0 Å². The van der Waals surface area contributed by atoms with Gasteiger partial charge < -0.3 is 0 Å². The van der Waals surface area contributed by atoms with Gasteiger partial charge in [0.2, 0.25) is 0 Å². The molecule has 9 rings (SSSR count). The number of fused-ring (bicyclic) bond motifs is 7. The van der Waals surface area contributed by atoms with Crippen LogP contribution in [-0.2, 0) is 5.41 Å². The Balaban J connectivity index is 1.39. The molecular weight excluding hydrogens is 516 g/mol. The van der Waals surface area contributed by atoms with Gasteiger partial charge in [0.1, 0.15) is 0 Å². The largest absolute Gasteiger partial charge is 0.0719 e. The molecule has 0 heterocycles. The summed E-state index contributed by atoms with van der Waals surface area (Å²) in [6, 6.07) is 62.8. The second-order valence-corrected chi connectivity index (χ2v) is 11.6. The van der Waals surface area contributed by atoms with Crippen LogP contribution in [0, 0.1) is 0 Å². The molecule has 0 saturated heterocycles. The van der Waals surface area contributed by atoms with Crippen LogP contribution in [-0.4, -0.2) is 0 Å². The molecule has 0 fully saturated rings. The first kappa shape index (κ1) is 24.2. The van der Waals surface area contributed by atoms with Crippen molar-refractivity contribution in [1.82, 2.24) is 0 Å². The van der Waals surface area contributed by atoms with Gasteiger partial charge in [-0.05, 0) is 89.0 Å². The molecule has 0 atom stereocenters. The van der Waals surface area contributed by atoms with E-state index in [1.807, 2.05) is 0 Å². The molecule has 0 radical (unpaired) electrons. The average molecular weight is 545 g/mol. The Labute approximate surface area is 251 Å². The molecule has 0 spiro atoms. The third-order valence-electron chi connectivity index (χ3n) is 9.49. The fraction of sp³-hybridized carbons (Fsp3) is 0.0233. The van der Waals surface area contributed by atoms with Crippen LogP contribution in [0.2, 0.25) is 0 Å². The van der Waals surface area contributed by atoms with Crippen LogP contribution < -0.4 is 0 Å². The van der Waals surface area contributed by atoms with Gasteiger partial charge >= 0.3 is 0 Å². The number of hydrogen-bond donors (Lipinski definition) is 0. The summed E-state index contributed by atoms with van der Waals surface area (Å²) in [5.41, 5.74) is 10.1. The predicted molar refractivity (Wildman–Crippen MR) is 182 cm³/mol. The van der Waals surface area contributed by atoms with E-state index in [2.05, 4.69) is 170 Å². The molecule has 1 aliphatic rings. The van der Waals surface area contributed by atoms with Crippen molar-refractivity contribution < 1.29 is 0 Å². The van der Waals surface area contributed by atoms with Gasteiger partial charge in [-0.2, -0.15) is 0 Å². The van der Waals surface area contributed by atoms with Crippen molar-refractivity contribution >= 4 is 32.3 Å². The summed E-state index contributed by atoms with van der Waals surface area (Å²) in [6.07, 6.45) is 0. The normalized spacial score (nSPS) is 13.3. The van der Waals surface area contributed by atoms with Crippen molar-refractivity contribution in [1.29, 1.82) is 0 Å². The van der Waals surface area contributed by atoms with E-state index in [0.29, 0.717) is 0 Å². The predicted octanol–water partition coefficient (Wildman–Crippen LogP) is 11.2. The quantitative estimate of drug-likeness (QED) is 0.194. The molecule has 0 saturated carbocycles. The molecule has 0 aliphatic heterocycles. The van der Waals surface area contributed by atoms with E-state index in [9.17, 15) is 0 Å². The van der Waals surface area contributed by atoms with E-state index in [0.717, 1.165) is 0 Å². The topological polar surface area (TPSA) is 0 Å². The Morgan fingerprint density at radius 2 is 0.907 bits per heavy atom. The van der Waals surface area contributed by atoms with E-state index >= 15 is 0 Å². The average Bonchev–Trinajstić information content (AvgIpc) is 3.39. The second-order valence-electron chi connectivity index (χ2n) is 11.6. The van der Waals surface area contributed by atoms with E-state index in [-0.39, 0.29) is 0 Å². The van der Waals surface area contributed by atoms with Crippen LogP contribution in [0.15, 0.2) is 170 Å². The Bertz CT molecular complexity index is 2230. The minimum absolute atomic E-state index is 0.415. The van der Waals surface area contributed by atoms with Crippen molar-refractivity contribution in [2.24, 2.45) is 0 Å². The zero-order valence-corrected chi connectivity index (χ0v) is 23.7. The summed E-state index contributed by atoms with van der Waals surface area (Å²) in [4.78, 5) is 0. The van der Waals surface area contributed by atoms with E-state index in [1.54, 1.807) is 0 Å². The van der Waals surface area contributed by atoms with Gasteiger partial charge in [0.05, 0.1) is 5.41 Å². The molecule has 0 amide bonds. The highest BCUT2D eigenvalue weighted by Gasteiger charge is 2.46. The monoisotopic (exact) mass is 544 g/mol. The summed E-state index contributed by atoms with van der Waals surface area (Å²) >= 11 is 0. The van der Waals surface area contributed by atoms with Gasteiger partial charge in [-0.15, -0.1) is 0 Å². The standard InChI is InChI=1S/C43H28/c1-3-15-33(16-4-1)43(34-17-5-2-6-18-34)40-22-12-11-21-38(40)39-26-23-31-28-32(24-25-37(31)42(39)43)41-35-19-9-7-13-29(35)27-30-14-8-10-20-36(30)41/h1-28H. The lowest BCUT2D eigenvalue weighted by molar-refractivity contribution is 0.775. The van der Waals surface area contributed by atoms with Crippen molar-refractivity contribution in [3.63, 3.8) is 0 Å². The first-order valence-electron chi connectivity index (χ1n) is 15.0. The lowest BCUT2D eigenvalue weighted by Crippen LogP contribution is -2.28. The third-order valence-corrected chi connectivity index (χ3v) is 9.49. The molecule has 0 N–H and O–H groups in total. The maximum Gasteiger partial charge on any atom is 0.0719 e. The van der Waals surface area contributed by atoms with Crippen LogP contribution >= 0.6 is 0 Å². The third kappa shape index (κ3) is 3.38. The molecule has 0 heteroatoms. The highest BCUT2D eigenvalue weighted by atomic mass is 14.5. The van der Waals surface area contributed by atoms with Crippen LogP contribution in [0.1, 0.15) is 22.3 Å². The zero-order chi connectivity index (χ0) is 28.4. The maximum absolute atomic E-state index is 2.41. The summed E-state index contributed by atoms with van der Waals surface area (Å²) in [5.74, 6) is 0. The second kappa shape index (κ2) is 9.28. The van der Waals surface area contributed by atoms with Gasteiger partial charge in [0.15, 0.2) is 0 Å². The summed E-state index contributed by atoms with van der Waals surface area (Å²) < 4.78 is 0. The number of benzene rings is 8. The Hall–Kier alpha value is -5.46. The Morgan fingerprint density at radius 1 is 0.349 bits per heavy atom. The van der Waals surface area contributed by atoms with E-state index < -0.39 is 5.41 Å². The van der Waals surface area contributed by atoms with Crippen LogP contribution in [0.5, 0.6) is 0 Å². The van der Waals surface area contributed by atoms with E-state index in [4.69, 9.17) is 0 Å². The van der Waals surface area contributed by atoms with Crippen molar-refractivity contribution in [3.8, 4) is 22.3 Å². The minimum Gasteiger partial charge on any atom is -0.0622 e. The molecule has 0 bridgehead atoms. The zero-order valence-electron chi connectivity index (χ0n) is 23.7. The highest BCUT2D eigenvalue weighted by Crippen LogP contribution is 2.58. The number of hydrogen-bond acceptors (Lipinski definition) is 0.